The van der Waals surface area contributed by atoms with E-state index >= 15 is 0 Å². The minimum absolute atomic E-state index is 0.111. The maximum atomic E-state index is 6.03. The summed E-state index contributed by atoms with van der Waals surface area (Å²) in [7, 11) is 1.70. The zero-order valence-electron chi connectivity index (χ0n) is 13.9. The van der Waals surface area contributed by atoms with E-state index in [4.69, 9.17) is 9.47 Å². The number of nitrogens with zero attached hydrogens (tertiary/aromatic N) is 2. The minimum atomic E-state index is -0.111. The zero-order valence-corrected chi connectivity index (χ0v) is 15.5. The van der Waals surface area contributed by atoms with Crippen LogP contribution in [0.2, 0.25) is 0 Å². The van der Waals surface area contributed by atoms with E-state index in [9.17, 15) is 0 Å². The molecular formula is C20H19BrN2O2. The second-order valence-corrected chi connectivity index (χ2v) is 6.75. The maximum absolute atomic E-state index is 6.03. The fourth-order valence-electron chi connectivity index (χ4n) is 3.23. The SMILES string of the molecule is COc1ccccc1N1CCO[C@@H]1c1ccn(-c2ccccc2Br)c1. The number of para-hydroxylation sites is 3. The Balaban J connectivity index is 1.67. The van der Waals surface area contributed by atoms with Crippen LogP contribution in [0.5, 0.6) is 5.75 Å². The van der Waals surface area contributed by atoms with E-state index in [1.54, 1.807) is 7.11 Å². The quantitative estimate of drug-likeness (QED) is 0.632. The van der Waals surface area contributed by atoms with Gasteiger partial charge in [-0.2, -0.15) is 0 Å². The molecule has 4 nitrogen and oxygen atoms in total. The first kappa shape index (κ1) is 16.2. The molecule has 1 fully saturated rings. The van der Waals surface area contributed by atoms with Crippen molar-refractivity contribution in [2.75, 3.05) is 25.2 Å². The van der Waals surface area contributed by atoms with E-state index in [0.29, 0.717) is 6.61 Å². The molecule has 0 saturated carbocycles. The van der Waals surface area contributed by atoms with Crippen molar-refractivity contribution in [3.8, 4) is 11.4 Å². The number of halogens is 1. The Morgan fingerprint density at radius 1 is 1.04 bits per heavy atom. The molecular weight excluding hydrogens is 380 g/mol. The molecule has 0 aliphatic carbocycles. The van der Waals surface area contributed by atoms with Gasteiger partial charge in [0.05, 0.1) is 25.1 Å². The third-order valence-electron chi connectivity index (χ3n) is 4.42. The average Bonchev–Trinajstić information content (AvgIpc) is 3.31. The molecule has 2 heterocycles. The molecule has 0 spiro atoms. The van der Waals surface area contributed by atoms with E-state index in [0.717, 1.165) is 33.7 Å². The smallest absolute Gasteiger partial charge is 0.158 e. The molecule has 0 amide bonds. The molecule has 1 atom stereocenters. The van der Waals surface area contributed by atoms with E-state index in [-0.39, 0.29) is 6.23 Å². The molecule has 0 bridgehead atoms. The van der Waals surface area contributed by atoms with Gasteiger partial charge in [-0.1, -0.05) is 24.3 Å². The van der Waals surface area contributed by atoms with Crippen molar-refractivity contribution in [1.82, 2.24) is 4.57 Å². The van der Waals surface area contributed by atoms with Crippen LogP contribution in [0.15, 0.2) is 71.5 Å². The predicted molar refractivity (Wildman–Crippen MR) is 103 cm³/mol. The Kier molecular flexibility index (Phi) is 4.51. The van der Waals surface area contributed by atoms with Gasteiger partial charge in [0.15, 0.2) is 6.23 Å². The van der Waals surface area contributed by atoms with Crippen molar-refractivity contribution in [1.29, 1.82) is 0 Å². The van der Waals surface area contributed by atoms with Gasteiger partial charge in [-0.05, 0) is 46.3 Å². The van der Waals surface area contributed by atoms with Crippen LogP contribution < -0.4 is 9.64 Å². The highest BCUT2D eigenvalue weighted by molar-refractivity contribution is 9.10. The van der Waals surface area contributed by atoms with Crippen LogP contribution in [0.3, 0.4) is 0 Å². The summed E-state index contributed by atoms with van der Waals surface area (Å²) in [6.07, 6.45) is 4.08. The summed E-state index contributed by atoms with van der Waals surface area (Å²) in [6, 6.07) is 18.4. The van der Waals surface area contributed by atoms with Crippen molar-refractivity contribution >= 4 is 21.6 Å². The van der Waals surface area contributed by atoms with Gasteiger partial charge in [-0.15, -0.1) is 0 Å². The number of hydrogen-bond donors (Lipinski definition) is 0. The summed E-state index contributed by atoms with van der Waals surface area (Å²) in [4.78, 5) is 2.25. The van der Waals surface area contributed by atoms with Crippen LogP contribution in [0.1, 0.15) is 11.8 Å². The molecule has 1 aliphatic heterocycles. The van der Waals surface area contributed by atoms with E-state index in [2.05, 4.69) is 56.0 Å². The van der Waals surface area contributed by atoms with Crippen molar-refractivity contribution in [3.63, 3.8) is 0 Å². The molecule has 25 heavy (non-hydrogen) atoms. The summed E-state index contributed by atoms with van der Waals surface area (Å²) < 4.78 is 14.7. The molecule has 1 aromatic heterocycles. The lowest BCUT2D eigenvalue weighted by atomic mass is 10.2. The van der Waals surface area contributed by atoms with Gasteiger partial charge in [0.25, 0.3) is 0 Å². The van der Waals surface area contributed by atoms with Crippen LogP contribution in [0.4, 0.5) is 5.69 Å². The predicted octanol–water partition coefficient (Wildman–Crippen LogP) is 4.78. The highest BCUT2D eigenvalue weighted by Gasteiger charge is 2.29. The van der Waals surface area contributed by atoms with Crippen LogP contribution in [-0.4, -0.2) is 24.8 Å². The molecule has 1 saturated heterocycles. The third kappa shape index (κ3) is 3.05. The Morgan fingerprint density at radius 3 is 2.60 bits per heavy atom. The minimum Gasteiger partial charge on any atom is -0.495 e. The van der Waals surface area contributed by atoms with Crippen LogP contribution in [0, 0.1) is 0 Å². The lowest BCUT2D eigenvalue weighted by Crippen LogP contribution is -2.23. The Morgan fingerprint density at radius 2 is 1.80 bits per heavy atom. The fourth-order valence-corrected chi connectivity index (χ4v) is 3.72. The summed E-state index contributed by atoms with van der Waals surface area (Å²) in [5.41, 5.74) is 3.29. The number of aromatic nitrogens is 1. The molecule has 4 rings (SSSR count). The third-order valence-corrected chi connectivity index (χ3v) is 5.09. The summed E-state index contributed by atoms with van der Waals surface area (Å²) >= 11 is 3.61. The van der Waals surface area contributed by atoms with Crippen molar-refractivity contribution in [3.05, 3.63) is 77.0 Å². The first-order chi connectivity index (χ1) is 12.3. The normalized spacial score (nSPS) is 17.0. The van der Waals surface area contributed by atoms with Gasteiger partial charge in [0, 0.05) is 29.0 Å². The van der Waals surface area contributed by atoms with E-state index in [1.807, 2.05) is 36.4 Å². The topological polar surface area (TPSA) is 26.6 Å². The maximum Gasteiger partial charge on any atom is 0.158 e. The zero-order chi connectivity index (χ0) is 17.2. The first-order valence-electron chi connectivity index (χ1n) is 8.22. The molecule has 0 unspecified atom stereocenters. The number of methoxy groups -OCH3 is 1. The van der Waals surface area contributed by atoms with E-state index in [1.165, 1.54) is 0 Å². The number of benzene rings is 2. The Labute approximate surface area is 155 Å². The average molecular weight is 399 g/mol. The molecule has 0 radical (unpaired) electrons. The van der Waals surface area contributed by atoms with E-state index < -0.39 is 0 Å². The molecule has 2 aromatic carbocycles. The standard InChI is InChI=1S/C20H19BrN2O2/c1-24-19-9-5-4-8-18(19)23-12-13-25-20(23)15-10-11-22(14-15)17-7-3-2-6-16(17)21/h2-11,14,20H,12-13H2,1H3/t20-/m1/s1. The lowest BCUT2D eigenvalue weighted by molar-refractivity contribution is 0.113. The number of rotatable bonds is 4. The molecule has 128 valence electrons. The lowest BCUT2D eigenvalue weighted by Gasteiger charge is -2.26. The van der Waals surface area contributed by atoms with Gasteiger partial charge in [-0.25, -0.2) is 0 Å². The largest absolute Gasteiger partial charge is 0.495 e. The van der Waals surface area contributed by atoms with Crippen LogP contribution in [-0.2, 0) is 4.74 Å². The van der Waals surface area contributed by atoms with Crippen LogP contribution >= 0.6 is 15.9 Å². The van der Waals surface area contributed by atoms with Gasteiger partial charge in [0.1, 0.15) is 5.75 Å². The monoisotopic (exact) mass is 398 g/mol. The van der Waals surface area contributed by atoms with Gasteiger partial charge in [-0.3, -0.25) is 0 Å². The summed E-state index contributed by atoms with van der Waals surface area (Å²) in [5, 5.41) is 0. The number of hydrogen-bond acceptors (Lipinski definition) is 3. The van der Waals surface area contributed by atoms with Crippen molar-refractivity contribution < 1.29 is 9.47 Å². The van der Waals surface area contributed by atoms with Gasteiger partial charge >= 0.3 is 0 Å². The molecule has 0 N–H and O–H groups in total. The summed E-state index contributed by atoms with van der Waals surface area (Å²) in [6.45, 7) is 1.54. The fraction of sp³-hybridized carbons (Fsp3) is 0.200. The van der Waals surface area contributed by atoms with Gasteiger partial charge in [0.2, 0.25) is 0 Å². The first-order valence-corrected chi connectivity index (χ1v) is 9.01. The summed E-state index contributed by atoms with van der Waals surface area (Å²) in [5.74, 6) is 0.864. The van der Waals surface area contributed by atoms with Crippen molar-refractivity contribution in [2.45, 2.75) is 6.23 Å². The molecule has 1 aliphatic rings. The van der Waals surface area contributed by atoms with Crippen LogP contribution in [0.25, 0.3) is 5.69 Å². The Bertz CT molecular complexity index is 877. The van der Waals surface area contributed by atoms with Gasteiger partial charge < -0.3 is 18.9 Å². The highest BCUT2D eigenvalue weighted by atomic mass is 79.9. The second kappa shape index (κ2) is 6.94. The molecule has 3 aromatic rings. The number of ether oxygens (including phenoxy) is 2. The number of anilines is 1. The highest BCUT2D eigenvalue weighted by Crippen LogP contribution is 2.37. The van der Waals surface area contributed by atoms with Crippen molar-refractivity contribution in [2.24, 2.45) is 0 Å². The Hall–Kier alpha value is -2.24. The molecule has 5 heteroatoms. The second-order valence-electron chi connectivity index (χ2n) is 5.89.